The minimum Gasteiger partial charge on any atom is -0.395 e. The number of hydrogen-bond acceptors (Lipinski definition) is 2. The molecular weight excluding hydrogens is 176 g/mol. The Morgan fingerprint density at radius 1 is 1.33 bits per heavy atom. The van der Waals surface area contributed by atoms with Crippen molar-refractivity contribution >= 4 is 11.1 Å². The lowest BCUT2D eigenvalue weighted by Gasteiger charge is -2.08. The van der Waals surface area contributed by atoms with Crippen molar-refractivity contribution in [3.63, 3.8) is 0 Å². The van der Waals surface area contributed by atoms with Gasteiger partial charge in [-0.15, -0.1) is 0 Å². The number of aliphatic hydroxyl groups is 1. The van der Waals surface area contributed by atoms with Gasteiger partial charge in [0.05, 0.1) is 6.61 Å². The van der Waals surface area contributed by atoms with Gasteiger partial charge in [0.25, 0.3) is 0 Å². The molecule has 12 heavy (non-hydrogen) atoms. The summed E-state index contributed by atoms with van der Waals surface area (Å²) in [6.45, 7) is -0.312. The topological polar surface area (TPSA) is 57.5 Å². The van der Waals surface area contributed by atoms with Crippen molar-refractivity contribution < 1.29 is 13.9 Å². The van der Waals surface area contributed by atoms with Crippen LogP contribution in [0.2, 0.25) is 0 Å². The molecule has 66 valence electrons. The molecule has 0 heterocycles. The van der Waals surface area contributed by atoms with Gasteiger partial charge in [-0.05, 0) is 5.56 Å². The first kappa shape index (κ1) is 9.38. The van der Waals surface area contributed by atoms with Crippen molar-refractivity contribution in [2.75, 3.05) is 6.61 Å². The SMILES string of the molecule is O=S(O)C(CO)c1ccccc1. The first-order valence-corrected chi connectivity index (χ1v) is 4.68. The van der Waals surface area contributed by atoms with E-state index < -0.39 is 16.3 Å². The molecule has 0 amide bonds. The summed E-state index contributed by atoms with van der Waals surface area (Å²) in [5.74, 6) is 0. The van der Waals surface area contributed by atoms with Gasteiger partial charge in [0.15, 0.2) is 11.1 Å². The Morgan fingerprint density at radius 3 is 2.33 bits per heavy atom. The molecule has 0 fully saturated rings. The van der Waals surface area contributed by atoms with Crippen LogP contribution in [0.15, 0.2) is 30.3 Å². The smallest absolute Gasteiger partial charge is 0.162 e. The standard InChI is InChI=1S/C8H10O3S/c9-6-8(12(10)11)7-4-2-1-3-5-7/h1-5,8-9H,6H2,(H,10,11). The molecule has 2 atom stereocenters. The van der Waals surface area contributed by atoms with Crippen LogP contribution >= 0.6 is 0 Å². The van der Waals surface area contributed by atoms with E-state index in [0.29, 0.717) is 5.56 Å². The monoisotopic (exact) mass is 186 g/mol. The molecule has 0 spiro atoms. The normalized spacial score (nSPS) is 15.5. The highest BCUT2D eigenvalue weighted by molar-refractivity contribution is 7.79. The molecule has 0 saturated heterocycles. The number of hydrogen-bond donors (Lipinski definition) is 2. The Morgan fingerprint density at radius 2 is 1.92 bits per heavy atom. The maximum absolute atomic E-state index is 10.7. The average molecular weight is 186 g/mol. The van der Waals surface area contributed by atoms with Crippen LogP contribution in [0.1, 0.15) is 10.8 Å². The summed E-state index contributed by atoms with van der Waals surface area (Å²) in [4.78, 5) is 0. The minimum atomic E-state index is -2.00. The molecule has 0 bridgehead atoms. The molecule has 0 aliphatic heterocycles. The van der Waals surface area contributed by atoms with Crippen LogP contribution in [0.25, 0.3) is 0 Å². The maximum Gasteiger partial charge on any atom is 0.162 e. The van der Waals surface area contributed by atoms with E-state index in [2.05, 4.69) is 0 Å². The minimum absolute atomic E-state index is 0.312. The van der Waals surface area contributed by atoms with E-state index in [1.54, 1.807) is 24.3 Å². The largest absolute Gasteiger partial charge is 0.395 e. The van der Waals surface area contributed by atoms with Crippen molar-refractivity contribution in [3.8, 4) is 0 Å². The van der Waals surface area contributed by atoms with Crippen LogP contribution in [0, 0.1) is 0 Å². The highest BCUT2D eigenvalue weighted by Crippen LogP contribution is 2.16. The Balaban J connectivity index is 2.88. The Labute approximate surface area is 73.3 Å². The zero-order valence-electron chi connectivity index (χ0n) is 6.38. The third kappa shape index (κ3) is 2.14. The van der Waals surface area contributed by atoms with E-state index in [9.17, 15) is 4.21 Å². The van der Waals surface area contributed by atoms with Gasteiger partial charge in [0.2, 0.25) is 0 Å². The van der Waals surface area contributed by atoms with Crippen LogP contribution in [-0.2, 0) is 11.1 Å². The summed E-state index contributed by atoms with van der Waals surface area (Å²) < 4.78 is 19.5. The number of benzene rings is 1. The van der Waals surface area contributed by atoms with Crippen LogP contribution in [0.4, 0.5) is 0 Å². The molecule has 0 saturated carbocycles. The van der Waals surface area contributed by atoms with Crippen molar-refractivity contribution in [1.82, 2.24) is 0 Å². The molecule has 0 aliphatic carbocycles. The second-order valence-electron chi connectivity index (χ2n) is 2.36. The summed E-state index contributed by atoms with van der Waals surface area (Å²) in [5, 5.41) is 8.11. The van der Waals surface area contributed by atoms with Gasteiger partial charge in [0.1, 0.15) is 5.25 Å². The second-order valence-corrected chi connectivity index (χ2v) is 3.48. The van der Waals surface area contributed by atoms with E-state index >= 15 is 0 Å². The van der Waals surface area contributed by atoms with Crippen molar-refractivity contribution in [2.45, 2.75) is 5.25 Å². The van der Waals surface area contributed by atoms with Crippen LogP contribution < -0.4 is 0 Å². The fourth-order valence-electron chi connectivity index (χ4n) is 0.953. The molecule has 0 aliphatic rings. The summed E-state index contributed by atoms with van der Waals surface area (Å²) in [6, 6.07) is 8.79. The van der Waals surface area contributed by atoms with E-state index in [0.717, 1.165) is 0 Å². The highest BCUT2D eigenvalue weighted by Gasteiger charge is 2.15. The van der Waals surface area contributed by atoms with E-state index in [4.69, 9.17) is 9.66 Å². The number of rotatable bonds is 3. The molecule has 1 rings (SSSR count). The second kappa shape index (κ2) is 4.35. The zero-order chi connectivity index (χ0) is 8.97. The fraction of sp³-hybridized carbons (Fsp3) is 0.250. The summed E-state index contributed by atoms with van der Waals surface area (Å²) >= 11 is -2.00. The fourth-order valence-corrected chi connectivity index (χ4v) is 1.47. The van der Waals surface area contributed by atoms with Gasteiger partial charge in [0, 0.05) is 0 Å². The van der Waals surface area contributed by atoms with Gasteiger partial charge >= 0.3 is 0 Å². The molecule has 2 N–H and O–H groups in total. The van der Waals surface area contributed by atoms with Gasteiger partial charge in [-0.1, -0.05) is 30.3 Å². The summed E-state index contributed by atoms with van der Waals surface area (Å²) in [5.41, 5.74) is 0.681. The third-order valence-electron chi connectivity index (χ3n) is 1.58. The van der Waals surface area contributed by atoms with Gasteiger partial charge in [-0.25, -0.2) is 4.21 Å². The molecule has 1 aromatic rings. The van der Waals surface area contributed by atoms with E-state index in [-0.39, 0.29) is 6.61 Å². The Hall–Kier alpha value is -0.710. The van der Waals surface area contributed by atoms with Crippen LogP contribution in [0.5, 0.6) is 0 Å². The first-order valence-electron chi connectivity index (χ1n) is 3.51. The van der Waals surface area contributed by atoms with Gasteiger partial charge in [-0.3, -0.25) is 0 Å². The Bertz CT molecular complexity index is 260. The zero-order valence-corrected chi connectivity index (χ0v) is 7.20. The maximum atomic E-state index is 10.7. The van der Waals surface area contributed by atoms with Crippen LogP contribution in [-0.4, -0.2) is 20.5 Å². The predicted octanol–water partition coefficient (Wildman–Crippen LogP) is 0.942. The lowest BCUT2D eigenvalue weighted by Crippen LogP contribution is -2.09. The first-order chi connectivity index (χ1) is 5.75. The molecule has 0 aromatic heterocycles. The quantitative estimate of drug-likeness (QED) is 0.691. The van der Waals surface area contributed by atoms with Crippen molar-refractivity contribution in [1.29, 1.82) is 0 Å². The molecule has 0 radical (unpaired) electrons. The number of aliphatic hydroxyl groups excluding tert-OH is 1. The van der Waals surface area contributed by atoms with Gasteiger partial charge in [-0.2, -0.15) is 0 Å². The highest BCUT2D eigenvalue weighted by atomic mass is 32.2. The lowest BCUT2D eigenvalue weighted by molar-refractivity contribution is 0.290. The van der Waals surface area contributed by atoms with E-state index in [1.165, 1.54) is 0 Å². The van der Waals surface area contributed by atoms with Crippen molar-refractivity contribution in [3.05, 3.63) is 35.9 Å². The summed E-state index contributed by atoms with van der Waals surface area (Å²) in [7, 11) is 0. The molecular formula is C8H10O3S. The summed E-state index contributed by atoms with van der Waals surface area (Å²) in [6.07, 6.45) is 0. The molecule has 2 unspecified atom stereocenters. The van der Waals surface area contributed by atoms with Crippen molar-refractivity contribution in [2.24, 2.45) is 0 Å². The molecule has 4 heteroatoms. The average Bonchev–Trinajstić information content (AvgIpc) is 2.07. The molecule has 3 nitrogen and oxygen atoms in total. The van der Waals surface area contributed by atoms with E-state index in [1.807, 2.05) is 6.07 Å². The van der Waals surface area contributed by atoms with Gasteiger partial charge < -0.3 is 9.66 Å². The predicted molar refractivity (Wildman–Crippen MR) is 47.0 cm³/mol. The third-order valence-corrected chi connectivity index (χ3v) is 2.49. The molecule has 1 aromatic carbocycles. The lowest BCUT2D eigenvalue weighted by atomic mass is 10.2. The van der Waals surface area contributed by atoms with Crippen LogP contribution in [0.3, 0.4) is 0 Å². The Kier molecular flexibility index (Phi) is 3.40.